The summed E-state index contributed by atoms with van der Waals surface area (Å²) in [5, 5.41) is 10.7. The number of likely N-dealkylation sites (N-methyl/N-ethyl adjacent to an activating group) is 1. The van der Waals surface area contributed by atoms with Crippen LogP contribution in [-0.4, -0.2) is 52.9 Å². The molecule has 30 heavy (non-hydrogen) atoms. The number of aromatic nitrogens is 3. The molecular weight excluding hydrogens is 378 g/mol. The topological polar surface area (TPSA) is 77.2 Å². The molecule has 0 unspecified atom stereocenters. The fraction of sp³-hybridized carbons (Fsp3) is 0.478. The van der Waals surface area contributed by atoms with Gasteiger partial charge in [0.15, 0.2) is 0 Å². The number of aryl methyl sites for hydroxylation is 2. The first-order valence-corrected chi connectivity index (χ1v) is 11.0. The summed E-state index contributed by atoms with van der Waals surface area (Å²) in [6.07, 6.45) is 6.71. The van der Waals surface area contributed by atoms with Crippen molar-refractivity contribution in [2.24, 2.45) is 0 Å². The molecule has 2 aromatic heterocycles. The lowest BCUT2D eigenvalue weighted by Crippen LogP contribution is -2.48. The third-order valence-electron chi connectivity index (χ3n) is 7.47. The number of hydrogen-bond acceptors (Lipinski definition) is 4. The van der Waals surface area contributed by atoms with Crippen LogP contribution in [0.5, 0.6) is 0 Å². The van der Waals surface area contributed by atoms with Crippen molar-refractivity contribution in [2.75, 3.05) is 31.6 Å². The van der Waals surface area contributed by atoms with Crippen LogP contribution >= 0.6 is 0 Å². The predicted molar refractivity (Wildman–Crippen MR) is 115 cm³/mol. The number of carbonyl (C=O) groups excluding carboxylic acids is 1. The Bertz CT molecular complexity index is 1150. The second kappa shape index (κ2) is 6.43. The molecule has 0 radical (unpaired) electrons. The van der Waals surface area contributed by atoms with Gasteiger partial charge < -0.3 is 14.7 Å². The summed E-state index contributed by atoms with van der Waals surface area (Å²) in [7, 11) is 1.71. The number of anilines is 1. The molecule has 1 saturated heterocycles. The van der Waals surface area contributed by atoms with Crippen LogP contribution in [0, 0.1) is 0 Å². The lowest BCUT2D eigenvalue weighted by atomic mass is 9.74. The molecule has 7 nitrogen and oxygen atoms in total. The number of nitrogens with zero attached hydrogens (tertiary/aromatic N) is 3. The van der Waals surface area contributed by atoms with Gasteiger partial charge in [0, 0.05) is 36.2 Å². The Kier molecular flexibility index (Phi) is 3.89. The Morgan fingerprint density at radius 2 is 2.03 bits per heavy atom. The molecular formula is C23H27N5O2. The van der Waals surface area contributed by atoms with Gasteiger partial charge in [-0.25, -0.2) is 0 Å². The van der Waals surface area contributed by atoms with Crippen LogP contribution < -0.4 is 4.90 Å². The standard InChI is InChI=1S/C23H27N5O2/c1-3-28-19-11-16-15-6-4-5-14-13-24-26-20(14)21(15)25-18(16)12-17(19)23(22(28)29)7-9-27(30-2)10-8-23/h11-13,25H,3-10H2,1-2H3,(H,24,26). The summed E-state index contributed by atoms with van der Waals surface area (Å²) < 4.78 is 0. The molecule has 2 aliphatic heterocycles. The van der Waals surface area contributed by atoms with Crippen LogP contribution in [0.2, 0.25) is 0 Å². The van der Waals surface area contributed by atoms with E-state index in [9.17, 15) is 4.79 Å². The van der Waals surface area contributed by atoms with E-state index >= 15 is 0 Å². The molecule has 1 aromatic carbocycles. The highest BCUT2D eigenvalue weighted by molar-refractivity contribution is 6.11. The number of hydroxylamine groups is 2. The number of carbonyl (C=O) groups is 1. The fourth-order valence-electron chi connectivity index (χ4n) is 5.87. The first-order valence-electron chi connectivity index (χ1n) is 11.0. The summed E-state index contributed by atoms with van der Waals surface area (Å²) in [6, 6.07) is 4.52. The summed E-state index contributed by atoms with van der Waals surface area (Å²) in [5.41, 5.74) is 7.87. The van der Waals surface area contributed by atoms with E-state index in [0.717, 1.165) is 67.8 Å². The SMILES string of the molecule is CCN1C(=O)C2(CCN(OC)CC2)c2cc3[nH]c4c(c3cc21)CCCc1cn[nH]c1-4. The number of benzene rings is 1. The highest BCUT2D eigenvalue weighted by Crippen LogP contribution is 2.50. The van der Waals surface area contributed by atoms with Gasteiger partial charge in [0.1, 0.15) is 0 Å². The minimum Gasteiger partial charge on any atom is -0.353 e. The van der Waals surface area contributed by atoms with E-state index in [1.807, 2.05) is 16.2 Å². The zero-order chi connectivity index (χ0) is 20.5. The quantitative estimate of drug-likeness (QED) is 0.686. The molecule has 1 aliphatic carbocycles. The van der Waals surface area contributed by atoms with Crippen molar-refractivity contribution < 1.29 is 9.63 Å². The van der Waals surface area contributed by atoms with E-state index in [4.69, 9.17) is 4.84 Å². The summed E-state index contributed by atoms with van der Waals surface area (Å²) in [4.78, 5) is 24.7. The first-order chi connectivity index (χ1) is 14.7. The molecule has 2 N–H and O–H groups in total. The minimum atomic E-state index is -0.434. The number of hydrogen-bond donors (Lipinski definition) is 2. The molecule has 1 fully saturated rings. The second-order valence-electron chi connectivity index (χ2n) is 8.76. The number of amides is 1. The molecule has 0 saturated carbocycles. The predicted octanol–water partition coefficient (Wildman–Crippen LogP) is 3.31. The Morgan fingerprint density at radius 1 is 1.20 bits per heavy atom. The number of piperidine rings is 1. The number of fused-ring (bicyclic) bond motifs is 7. The zero-order valence-corrected chi connectivity index (χ0v) is 17.5. The zero-order valence-electron chi connectivity index (χ0n) is 17.5. The van der Waals surface area contributed by atoms with Gasteiger partial charge in [-0.05, 0) is 67.9 Å². The largest absolute Gasteiger partial charge is 0.353 e. The Balaban J connectivity index is 1.54. The maximum atomic E-state index is 13.6. The van der Waals surface area contributed by atoms with Crippen molar-refractivity contribution in [3.05, 3.63) is 35.0 Å². The van der Waals surface area contributed by atoms with Gasteiger partial charge in [-0.1, -0.05) is 0 Å². The van der Waals surface area contributed by atoms with Gasteiger partial charge in [-0.15, -0.1) is 0 Å². The highest BCUT2D eigenvalue weighted by atomic mass is 16.7. The van der Waals surface area contributed by atoms with E-state index in [0.29, 0.717) is 6.54 Å². The van der Waals surface area contributed by atoms with Gasteiger partial charge in [0.25, 0.3) is 0 Å². The average Bonchev–Trinajstić information content (AvgIpc) is 3.39. The van der Waals surface area contributed by atoms with Gasteiger partial charge >= 0.3 is 0 Å². The minimum absolute atomic E-state index is 0.255. The lowest BCUT2D eigenvalue weighted by Gasteiger charge is -2.37. The van der Waals surface area contributed by atoms with Crippen LogP contribution in [0.25, 0.3) is 22.3 Å². The molecule has 3 aliphatic rings. The summed E-state index contributed by atoms with van der Waals surface area (Å²) >= 11 is 0. The Hall–Kier alpha value is -2.64. The summed E-state index contributed by atoms with van der Waals surface area (Å²) in [6.45, 7) is 4.32. The highest BCUT2D eigenvalue weighted by Gasteiger charge is 2.52. The smallest absolute Gasteiger partial charge is 0.237 e. The van der Waals surface area contributed by atoms with E-state index < -0.39 is 5.41 Å². The average molecular weight is 406 g/mol. The van der Waals surface area contributed by atoms with Crippen molar-refractivity contribution in [3.63, 3.8) is 0 Å². The Morgan fingerprint density at radius 3 is 2.80 bits per heavy atom. The molecule has 3 aromatic rings. The number of rotatable bonds is 2. The van der Waals surface area contributed by atoms with Gasteiger partial charge in [-0.2, -0.15) is 10.2 Å². The monoisotopic (exact) mass is 405 g/mol. The van der Waals surface area contributed by atoms with Gasteiger partial charge in [0.2, 0.25) is 5.91 Å². The third-order valence-corrected chi connectivity index (χ3v) is 7.47. The normalized spacial score (nSPS) is 20.5. The fourth-order valence-corrected chi connectivity index (χ4v) is 5.87. The molecule has 0 bridgehead atoms. The third kappa shape index (κ3) is 2.27. The van der Waals surface area contributed by atoms with Crippen molar-refractivity contribution in [1.29, 1.82) is 0 Å². The number of H-pyrrole nitrogens is 2. The molecule has 156 valence electrons. The van der Waals surface area contributed by atoms with E-state index in [1.54, 1.807) is 7.11 Å². The van der Waals surface area contributed by atoms with E-state index in [2.05, 4.69) is 34.2 Å². The molecule has 7 heteroatoms. The van der Waals surface area contributed by atoms with Crippen molar-refractivity contribution in [1.82, 2.24) is 20.2 Å². The second-order valence-corrected chi connectivity index (χ2v) is 8.76. The maximum absolute atomic E-state index is 13.6. The van der Waals surface area contributed by atoms with E-state index in [-0.39, 0.29) is 5.91 Å². The van der Waals surface area contributed by atoms with Gasteiger partial charge in [-0.3, -0.25) is 9.89 Å². The van der Waals surface area contributed by atoms with Crippen molar-refractivity contribution in [2.45, 2.75) is 44.4 Å². The van der Waals surface area contributed by atoms with Crippen molar-refractivity contribution >= 4 is 22.5 Å². The first kappa shape index (κ1) is 18.2. The molecule has 6 rings (SSSR count). The maximum Gasteiger partial charge on any atom is 0.237 e. The number of nitrogens with one attached hydrogen (secondary N) is 2. The van der Waals surface area contributed by atoms with Crippen LogP contribution in [0.3, 0.4) is 0 Å². The molecule has 1 amide bonds. The molecule has 4 heterocycles. The molecule has 1 spiro atoms. The van der Waals surface area contributed by atoms with Crippen LogP contribution in [0.4, 0.5) is 5.69 Å². The molecule has 0 atom stereocenters. The summed E-state index contributed by atoms with van der Waals surface area (Å²) in [5.74, 6) is 0.255. The lowest BCUT2D eigenvalue weighted by molar-refractivity contribution is -0.156. The van der Waals surface area contributed by atoms with Gasteiger partial charge in [0.05, 0.1) is 30.1 Å². The van der Waals surface area contributed by atoms with Crippen LogP contribution in [0.1, 0.15) is 42.9 Å². The van der Waals surface area contributed by atoms with E-state index in [1.165, 1.54) is 22.1 Å². The Labute approximate surface area is 175 Å². The van der Waals surface area contributed by atoms with Crippen molar-refractivity contribution in [3.8, 4) is 11.4 Å². The van der Waals surface area contributed by atoms with Crippen LogP contribution in [-0.2, 0) is 27.9 Å². The number of aromatic amines is 2. The van der Waals surface area contributed by atoms with Crippen LogP contribution in [0.15, 0.2) is 18.3 Å².